The van der Waals surface area contributed by atoms with E-state index in [1.807, 2.05) is 0 Å². The summed E-state index contributed by atoms with van der Waals surface area (Å²) in [5, 5.41) is 21.5. The first-order valence-corrected chi connectivity index (χ1v) is 12.1. The van der Waals surface area contributed by atoms with Crippen LogP contribution in [0.2, 0.25) is 0 Å². The second-order valence-electron chi connectivity index (χ2n) is 10.2. The number of ether oxygens (including phenoxy) is 2. The van der Waals surface area contributed by atoms with Gasteiger partial charge in [0.1, 0.15) is 0 Å². The lowest BCUT2D eigenvalue weighted by molar-refractivity contribution is -0.00111. The summed E-state index contributed by atoms with van der Waals surface area (Å²) in [6, 6.07) is 10.8. The molecular weight excluding hydrogens is 400 g/mol. The summed E-state index contributed by atoms with van der Waals surface area (Å²) in [6.07, 6.45) is 5.81. The Balaban J connectivity index is 2.04. The van der Waals surface area contributed by atoms with Crippen molar-refractivity contribution < 1.29 is 19.7 Å². The maximum Gasteiger partial charge on any atom is 0.0965 e. The molecule has 0 aliphatic heterocycles. The van der Waals surface area contributed by atoms with Crippen LogP contribution in [0.3, 0.4) is 0 Å². The van der Waals surface area contributed by atoms with Crippen LogP contribution >= 0.6 is 0 Å². The Labute approximate surface area is 194 Å². The highest BCUT2D eigenvalue weighted by atomic mass is 16.5. The van der Waals surface area contributed by atoms with Gasteiger partial charge in [0, 0.05) is 26.1 Å². The molecule has 1 aromatic rings. The predicted octanol–water partition coefficient (Wildman–Crippen LogP) is 6.63. The molecule has 2 aliphatic rings. The van der Waals surface area contributed by atoms with Gasteiger partial charge in [-0.25, -0.2) is 0 Å². The minimum Gasteiger partial charge on any atom is -0.512 e. The molecule has 4 nitrogen and oxygen atoms in total. The Morgan fingerprint density at radius 3 is 1.72 bits per heavy atom. The molecule has 0 spiro atoms. The number of aliphatic hydroxyl groups excluding tert-OH is 2. The van der Waals surface area contributed by atoms with Gasteiger partial charge < -0.3 is 19.7 Å². The van der Waals surface area contributed by atoms with Crippen LogP contribution in [-0.2, 0) is 15.9 Å². The van der Waals surface area contributed by atoms with E-state index in [0.717, 1.165) is 49.7 Å². The van der Waals surface area contributed by atoms with Gasteiger partial charge in [0.05, 0.1) is 24.7 Å². The van der Waals surface area contributed by atoms with Crippen molar-refractivity contribution in [2.75, 3.05) is 27.4 Å². The summed E-state index contributed by atoms with van der Waals surface area (Å²) in [4.78, 5) is 0. The number of hydrogen-bond acceptors (Lipinski definition) is 4. The smallest absolute Gasteiger partial charge is 0.0965 e. The fourth-order valence-corrected chi connectivity index (χ4v) is 6.59. The van der Waals surface area contributed by atoms with Crippen LogP contribution < -0.4 is 0 Å². The zero-order valence-electron chi connectivity index (χ0n) is 20.6. The summed E-state index contributed by atoms with van der Waals surface area (Å²) in [7, 11) is 3.44. The van der Waals surface area contributed by atoms with Crippen LogP contribution in [0.25, 0.3) is 0 Å². The fourth-order valence-electron chi connectivity index (χ4n) is 6.59. The number of methoxy groups -OCH3 is 2. The third-order valence-corrected chi connectivity index (χ3v) is 8.29. The van der Waals surface area contributed by atoms with E-state index >= 15 is 0 Å². The molecule has 0 aromatic heterocycles. The second-order valence-corrected chi connectivity index (χ2v) is 10.2. The highest BCUT2D eigenvalue weighted by molar-refractivity contribution is 5.23. The van der Waals surface area contributed by atoms with Crippen LogP contribution in [-0.4, -0.2) is 37.6 Å². The van der Waals surface area contributed by atoms with E-state index in [2.05, 4.69) is 51.1 Å². The summed E-state index contributed by atoms with van der Waals surface area (Å²) < 4.78 is 11.0. The van der Waals surface area contributed by atoms with Crippen molar-refractivity contribution in [1.29, 1.82) is 0 Å². The average Bonchev–Trinajstić information content (AvgIpc) is 2.79. The summed E-state index contributed by atoms with van der Waals surface area (Å²) in [6.45, 7) is 7.61. The van der Waals surface area contributed by atoms with Gasteiger partial charge in [-0.1, -0.05) is 37.3 Å². The van der Waals surface area contributed by atoms with Gasteiger partial charge >= 0.3 is 0 Å². The van der Waals surface area contributed by atoms with Crippen LogP contribution in [0, 0.1) is 29.1 Å². The lowest BCUT2D eigenvalue weighted by Gasteiger charge is -2.51. The molecule has 1 aromatic carbocycles. The van der Waals surface area contributed by atoms with E-state index in [4.69, 9.17) is 9.47 Å². The molecule has 4 heteroatoms. The molecule has 3 rings (SSSR count). The second kappa shape index (κ2) is 10.9. The van der Waals surface area contributed by atoms with Gasteiger partial charge in [-0.3, -0.25) is 0 Å². The third-order valence-electron chi connectivity index (χ3n) is 8.29. The Morgan fingerprint density at radius 2 is 1.31 bits per heavy atom. The summed E-state index contributed by atoms with van der Waals surface area (Å²) >= 11 is 0. The molecular formula is C28H42O4. The summed E-state index contributed by atoms with van der Waals surface area (Å²) in [5.41, 5.74) is 3.65. The quantitative estimate of drug-likeness (QED) is 0.450. The molecule has 0 saturated heterocycles. The van der Waals surface area contributed by atoms with Gasteiger partial charge in [0.15, 0.2) is 0 Å². The number of aliphatic hydroxyl groups is 2. The Kier molecular flexibility index (Phi) is 8.46. The monoisotopic (exact) mass is 442 g/mol. The van der Waals surface area contributed by atoms with Crippen molar-refractivity contribution >= 4 is 0 Å². The van der Waals surface area contributed by atoms with Crippen LogP contribution in [0.1, 0.15) is 58.4 Å². The van der Waals surface area contributed by atoms with Crippen molar-refractivity contribution in [3.8, 4) is 0 Å². The molecule has 0 radical (unpaired) electrons. The van der Waals surface area contributed by atoms with Crippen molar-refractivity contribution in [1.82, 2.24) is 0 Å². The Hall–Kier alpha value is -1.78. The normalized spacial score (nSPS) is 28.7. The minimum atomic E-state index is 0.0591. The Bertz CT molecular complexity index is 766. The topological polar surface area (TPSA) is 58.9 Å². The zero-order chi connectivity index (χ0) is 23.3. The molecule has 2 aliphatic carbocycles. The number of allylic oxidation sites excluding steroid dienone is 2. The third kappa shape index (κ3) is 5.07. The van der Waals surface area contributed by atoms with Crippen molar-refractivity contribution in [3.05, 3.63) is 58.6 Å². The van der Waals surface area contributed by atoms with Crippen molar-refractivity contribution in [3.63, 3.8) is 0 Å². The van der Waals surface area contributed by atoms with E-state index in [1.54, 1.807) is 14.2 Å². The van der Waals surface area contributed by atoms with Gasteiger partial charge in [0.2, 0.25) is 0 Å². The van der Waals surface area contributed by atoms with Crippen LogP contribution in [0.5, 0.6) is 0 Å². The minimum absolute atomic E-state index is 0.0591. The molecule has 32 heavy (non-hydrogen) atoms. The fraction of sp³-hybridized carbons (Fsp3) is 0.643. The van der Waals surface area contributed by atoms with Crippen LogP contribution in [0.15, 0.2) is 53.0 Å². The molecule has 0 heterocycles. The number of rotatable bonds is 9. The first-order valence-electron chi connectivity index (χ1n) is 12.1. The van der Waals surface area contributed by atoms with E-state index < -0.39 is 0 Å². The first-order chi connectivity index (χ1) is 15.4. The van der Waals surface area contributed by atoms with E-state index in [0.29, 0.717) is 36.6 Å². The van der Waals surface area contributed by atoms with Crippen LogP contribution in [0.4, 0.5) is 0 Å². The molecule has 4 atom stereocenters. The lowest BCUT2D eigenvalue weighted by atomic mass is 9.53. The predicted molar refractivity (Wildman–Crippen MR) is 130 cm³/mol. The SMILES string of the molecule is CCC(Cc1ccccc1)(C1CC(C)=C(O)C(COC)C1)C1CC(C)=C(O)C(COC)C1. The molecule has 2 N–H and O–H groups in total. The van der Waals surface area contributed by atoms with E-state index in [-0.39, 0.29) is 17.3 Å². The maximum absolute atomic E-state index is 10.8. The largest absolute Gasteiger partial charge is 0.512 e. The van der Waals surface area contributed by atoms with Gasteiger partial charge in [0.25, 0.3) is 0 Å². The molecule has 4 unspecified atom stereocenters. The Morgan fingerprint density at radius 1 is 0.844 bits per heavy atom. The average molecular weight is 443 g/mol. The van der Waals surface area contributed by atoms with Gasteiger partial charge in [-0.05, 0) is 86.3 Å². The molecule has 0 saturated carbocycles. The van der Waals surface area contributed by atoms with Crippen molar-refractivity contribution in [2.24, 2.45) is 29.1 Å². The molecule has 0 fully saturated rings. The molecule has 0 amide bonds. The molecule has 178 valence electrons. The standard InChI is InChI=1S/C28H42O4/c1-6-28(16-21-10-8-7-9-11-21,24-12-19(2)26(29)22(14-24)17-31-4)25-13-20(3)27(30)23(15-25)18-32-5/h7-11,22-25,29-30H,6,12-18H2,1-5H3. The number of benzene rings is 1. The first kappa shape index (κ1) is 24.9. The van der Waals surface area contributed by atoms with Gasteiger partial charge in [-0.2, -0.15) is 0 Å². The maximum atomic E-state index is 10.8. The zero-order valence-corrected chi connectivity index (χ0v) is 20.6. The summed E-state index contributed by atoms with van der Waals surface area (Å²) in [5.74, 6) is 2.08. The van der Waals surface area contributed by atoms with Gasteiger partial charge in [-0.15, -0.1) is 0 Å². The lowest BCUT2D eigenvalue weighted by Crippen LogP contribution is -2.45. The number of hydrogen-bond donors (Lipinski definition) is 2. The highest BCUT2D eigenvalue weighted by Crippen LogP contribution is 2.55. The van der Waals surface area contributed by atoms with E-state index in [1.165, 1.54) is 5.56 Å². The molecule has 0 bridgehead atoms. The van der Waals surface area contributed by atoms with E-state index in [9.17, 15) is 10.2 Å². The van der Waals surface area contributed by atoms with Crippen molar-refractivity contribution in [2.45, 2.75) is 59.3 Å². The highest BCUT2D eigenvalue weighted by Gasteiger charge is 2.48.